The molecule has 20 heavy (non-hydrogen) atoms. The first kappa shape index (κ1) is 14.7. The van der Waals surface area contributed by atoms with Gasteiger partial charge in [-0.15, -0.1) is 10.2 Å². The standard InChI is InChI=1S/C16H23N3O/c1-11-6-5-7-12(8-11)9-13(10-17)14-18-19-15(20-14)16(2,3)4/h5-8,13H,9-10,17H2,1-4H3. The van der Waals surface area contributed by atoms with Gasteiger partial charge in [-0.1, -0.05) is 50.6 Å². The lowest BCUT2D eigenvalue weighted by Crippen LogP contribution is -2.15. The highest BCUT2D eigenvalue weighted by Gasteiger charge is 2.24. The fraction of sp³-hybridized carbons (Fsp3) is 0.500. The summed E-state index contributed by atoms with van der Waals surface area (Å²) in [6, 6.07) is 8.43. The van der Waals surface area contributed by atoms with Gasteiger partial charge in [0, 0.05) is 12.0 Å². The largest absolute Gasteiger partial charge is 0.424 e. The summed E-state index contributed by atoms with van der Waals surface area (Å²) in [5, 5.41) is 8.32. The van der Waals surface area contributed by atoms with E-state index >= 15 is 0 Å². The molecule has 0 bridgehead atoms. The first-order valence-electron chi connectivity index (χ1n) is 6.99. The maximum atomic E-state index is 5.88. The molecule has 0 aliphatic heterocycles. The monoisotopic (exact) mass is 273 g/mol. The number of nitrogens with zero attached hydrogens (tertiary/aromatic N) is 2. The second-order valence-electron chi connectivity index (χ2n) is 6.32. The van der Waals surface area contributed by atoms with Crippen molar-refractivity contribution < 1.29 is 4.42 Å². The molecule has 1 unspecified atom stereocenters. The Morgan fingerprint density at radius 2 is 2.00 bits per heavy atom. The predicted molar refractivity (Wildman–Crippen MR) is 79.7 cm³/mol. The molecule has 4 heteroatoms. The second-order valence-corrected chi connectivity index (χ2v) is 6.32. The Hall–Kier alpha value is -1.68. The van der Waals surface area contributed by atoms with Gasteiger partial charge in [-0.25, -0.2) is 0 Å². The van der Waals surface area contributed by atoms with Gasteiger partial charge in [0.2, 0.25) is 11.8 Å². The maximum absolute atomic E-state index is 5.88. The van der Waals surface area contributed by atoms with Crippen LogP contribution in [0.1, 0.15) is 49.6 Å². The molecule has 0 spiro atoms. The average molecular weight is 273 g/mol. The first-order chi connectivity index (χ1) is 9.40. The molecule has 0 aliphatic rings. The topological polar surface area (TPSA) is 64.9 Å². The van der Waals surface area contributed by atoms with Crippen LogP contribution < -0.4 is 5.73 Å². The van der Waals surface area contributed by atoms with Crippen molar-refractivity contribution in [3.8, 4) is 0 Å². The molecule has 0 radical (unpaired) electrons. The fourth-order valence-corrected chi connectivity index (χ4v) is 2.10. The van der Waals surface area contributed by atoms with E-state index in [2.05, 4.69) is 62.2 Å². The van der Waals surface area contributed by atoms with Crippen molar-refractivity contribution in [2.75, 3.05) is 6.54 Å². The Kier molecular flexibility index (Phi) is 4.23. The summed E-state index contributed by atoms with van der Waals surface area (Å²) in [6.07, 6.45) is 0.823. The third kappa shape index (κ3) is 3.45. The number of benzene rings is 1. The van der Waals surface area contributed by atoms with Crippen molar-refractivity contribution in [1.82, 2.24) is 10.2 Å². The van der Waals surface area contributed by atoms with Crippen LogP contribution in [0.5, 0.6) is 0 Å². The Balaban J connectivity index is 2.18. The molecule has 108 valence electrons. The minimum Gasteiger partial charge on any atom is -0.424 e. The minimum absolute atomic E-state index is 0.0698. The lowest BCUT2D eigenvalue weighted by atomic mass is 9.97. The number of nitrogens with two attached hydrogens (primary N) is 1. The van der Waals surface area contributed by atoms with Gasteiger partial charge in [-0.3, -0.25) is 0 Å². The number of hydrogen-bond acceptors (Lipinski definition) is 4. The zero-order valence-electron chi connectivity index (χ0n) is 12.7. The molecule has 1 atom stereocenters. The van der Waals surface area contributed by atoms with E-state index in [9.17, 15) is 0 Å². The van der Waals surface area contributed by atoms with Crippen LogP contribution in [-0.2, 0) is 11.8 Å². The highest BCUT2D eigenvalue weighted by atomic mass is 16.4. The zero-order valence-corrected chi connectivity index (χ0v) is 12.7. The summed E-state index contributed by atoms with van der Waals surface area (Å²) in [4.78, 5) is 0. The molecule has 1 heterocycles. The molecule has 1 aromatic carbocycles. The van der Waals surface area contributed by atoms with Gasteiger partial charge >= 0.3 is 0 Å². The molecule has 0 saturated carbocycles. The van der Waals surface area contributed by atoms with Gasteiger partial charge < -0.3 is 10.2 Å². The van der Waals surface area contributed by atoms with Crippen molar-refractivity contribution in [2.24, 2.45) is 5.73 Å². The minimum atomic E-state index is -0.131. The van der Waals surface area contributed by atoms with E-state index in [-0.39, 0.29) is 11.3 Å². The molecule has 0 saturated heterocycles. The van der Waals surface area contributed by atoms with Crippen molar-refractivity contribution in [3.05, 3.63) is 47.2 Å². The van der Waals surface area contributed by atoms with Gasteiger partial charge in [-0.05, 0) is 18.9 Å². The van der Waals surface area contributed by atoms with E-state index in [4.69, 9.17) is 10.2 Å². The van der Waals surface area contributed by atoms with E-state index in [1.54, 1.807) is 0 Å². The van der Waals surface area contributed by atoms with Gasteiger partial charge in [0.25, 0.3) is 0 Å². The Morgan fingerprint density at radius 3 is 2.55 bits per heavy atom. The summed E-state index contributed by atoms with van der Waals surface area (Å²) < 4.78 is 5.80. The van der Waals surface area contributed by atoms with Gasteiger partial charge in [0.1, 0.15) is 0 Å². The first-order valence-corrected chi connectivity index (χ1v) is 6.99. The Morgan fingerprint density at radius 1 is 1.25 bits per heavy atom. The highest BCUT2D eigenvalue weighted by molar-refractivity contribution is 5.23. The molecule has 0 fully saturated rings. The Bertz CT molecular complexity index is 569. The lowest BCUT2D eigenvalue weighted by Gasteiger charge is -2.13. The van der Waals surface area contributed by atoms with Gasteiger partial charge in [0.05, 0.1) is 5.92 Å². The summed E-state index contributed by atoms with van der Waals surface area (Å²) in [5.41, 5.74) is 8.25. The van der Waals surface area contributed by atoms with E-state index in [0.29, 0.717) is 18.3 Å². The van der Waals surface area contributed by atoms with E-state index in [0.717, 1.165) is 6.42 Å². The van der Waals surface area contributed by atoms with Crippen LogP contribution in [0.2, 0.25) is 0 Å². The number of aryl methyl sites for hydroxylation is 1. The molecule has 0 aliphatic carbocycles. The zero-order chi connectivity index (χ0) is 14.8. The van der Waals surface area contributed by atoms with Crippen LogP contribution in [0.4, 0.5) is 0 Å². The molecule has 4 nitrogen and oxygen atoms in total. The summed E-state index contributed by atoms with van der Waals surface area (Å²) in [5.74, 6) is 1.37. The average Bonchev–Trinajstić information content (AvgIpc) is 2.85. The van der Waals surface area contributed by atoms with Crippen molar-refractivity contribution in [2.45, 2.75) is 45.4 Å². The smallest absolute Gasteiger partial charge is 0.221 e. The predicted octanol–water partition coefficient (Wildman–Crippen LogP) is 2.96. The number of hydrogen-bond donors (Lipinski definition) is 1. The second kappa shape index (κ2) is 5.75. The van der Waals surface area contributed by atoms with Crippen LogP contribution in [0.3, 0.4) is 0 Å². The number of aromatic nitrogens is 2. The quantitative estimate of drug-likeness (QED) is 0.930. The fourth-order valence-electron chi connectivity index (χ4n) is 2.10. The van der Waals surface area contributed by atoms with E-state index in [1.165, 1.54) is 11.1 Å². The molecule has 0 amide bonds. The lowest BCUT2D eigenvalue weighted by molar-refractivity contribution is 0.355. The van der Waals surface area contributed by atoms with Crippen LogP contribution in [0.15, 0.2) is 28.7 Å². The molecule has 1 aromatic heterocycles. The van der Waals surface area contributed by atoms with Crippen LogP contribution >= 0.6 is 0 Å². The highest BCUT2D eigenvalue weighted by Crippen LogP contribution is 2.25. The molecular weight excluding hydrogens is 250 g/mol. The Labute approximate surface area is 120 Å². The van der Waals surface area contributed by atoms with Crippen molar-refractivity contribution in [3.63, 3.8) is 0 Å². The summed E-state index contributed by atoms with van der Waals surface area (Å²) >= 11 is 0. The normalized spacial score (nSPS) is 13.4. The SMILES string of the molecule is Cc1cccc(CC(CN)c2nnc(C(C)(C)C)o2)c1. The summed E-state index contributed by atoms with van der Waals surface area (Å²) in [6.45, 7) is 8.76. The van der Waals surface area contributed by atoms with Crippen molar-refractivity contribution >= 4 is 0 Å². The maximum Gasteiger partial charge on any atom is 0.221 e. The van der Waals surface area contributed by atoms with E-state index in [1.807, 2.05) is 0 Å². The third-order valence-corrected chi connectivity index (χ3v) is 3.28. The van der Waals surface area contributed by atoms with Crippen LogP contribution in [-0.4, -0.2) is 16.7 Å². The van der Waals surface area contributed by atoms with Crippen LogP contribution in [0.25, 0.3) is 0 Å². The molecule has 2 N–H and O–H groups in total. The summed E-state index contributed by atoms with van der Waals surface area (Å²) in [7, 11) is 0. The number of rotatable bonds is 4. The molecule has 2 aromatic rings. The van der Waals surface area contributed by atoms with Crippen LogP contribution in [0, 0.1) is 6.92 Å². The molecule has 2 rings (SSSR count). The van der Waals surface area contributed by atoms with Crippen molar-refractivity contribution in [1.29, 1.82) is 0 Å². The van der Waals surface area contributed by atoms with Gasteiger partial charge in [-0.2, -0.15) is 0 Å². The molecular formula is C16H23N3O. The van der Waals surface area contributed by atoms with Gasteiger partial charge in [0.15, 0.2) is 0 Å². The third-order valence-electron chi connectivity index (χ3n) is 3.28. The van der Waals surface area contributed by atoms with E-state index < -0.39 is 0 Å².